The number of hydrogen-bond acceptors (Lipinski definition) is 5. The van der Waals surface area contributed by atoms with Gasteiger partial charge in [-0.15, -0.1) is 0 Å². The molecule has 0 aliphatic rings. The molecule has 2 amide bonds. The number of nitrogens with one attached hydrogen (secondary N) is 1. The number of methoxy groups -OCH3 is 2. The molecule has 0 radical (unpaired) electrons. The number of carbonyl (C=O) groups excluding carboxylic acids is 2. The van der Waals surface area contributed by atoms with Crippen molar-refractivity contribution < 1.29 is 19.1 Å². The molecule has 0 unspecified atom stereocenters. The van der Waals surface area contributed by atoms with Gasteiger partial charge in [0, 0.05) is 24.4 Å². The van der Waals surface area contributed by atoms with Crippen molar-refractivity contribution >= 4 is 12.0 Å². The Hall–Kier alpha value is -2.31. The van der Waals surface area contributed by atoms with Gasteiger partial charge in [-0.25, -0.2) is 4.79 Å². The number of alkyl carbamates (subject to hydrolysis) is 1. The van der Waals surface area contributed by atoms with Crippen LogP contribution < -0.4 is 10.1 Å². The molecule has 1 aromatic heterocycles. The van der Waals surface area contributed by atoms with E-state index in [1.54, 1.807) is 25.3 Å². The molecule has 0 fully saturated rings. The zero-order valence-electron chi connectivity index (χ0n) is 15.5. The molecule has 0 spiro atoms. The van der Waals surface area contributed by atoms with E-state index in [1.807, 2.05) is 27.7 Å². The number of nitrogens with zero attached hydrogens (tertiary/aromatic N) is 2. The predicted molar refractivity (Wildman–Crippen MR) is 90.9 cm³/mol. The van der Waals surface area contributed by atoms with Crippen molar-refractivity contribution in [1.82, 2.24) is 15.2 Å². The van der Waals surface area contributed by atoms with Crippen molar-refractivity contribution in [3.8, 4) is 5.75 Å². The van der Waals surface area contributed by atoms with Gasteiger partial charge in [-0.1, -0.05) is 13.8 Å². The molecule has 1 heterocycles. The highest BCUT2D eigenvalue weighted by molar-refractivity contribution is 5.85. The van der Waals surface area contributed by atoms with E-state index in [0.717, 1.165) is 22.6 Å². The largest absolute Gasteiger partial charge is 0.496 e. The third-order valence-electron chi connectivity index (χ3n) is 3.90. The number of pyridine rings is 1. The van der Waals surface area contributed by atoms with Crippen molar-refractivity contribution in [3.63, 3.8) is 0 Å². The number of hydrogen-bond donors (Lipinski definition) is 1. The molecule has 0 saturated heterocycles. The number of rotatable bonds is 6. The lowest BCUT2D eigenvalue weighted by atomic mass is 10.0. The topological polar surface area (TPSA) is 80.8 Å². The number of carbonyl (C=O) groups is 2. The summed E-state index contributed by atoms with van der Waals surface area (Å²) in [6.45, 7) is 7.90. The van der Waals surface area contributed by atoms with Crippen LogP contribution in [0.5, 0.6) is 5.75 Å². The molecule has 0 aliphatic heterocycles. The number of likely N-dealkylation sites (N-methyl/N-ethyl adjacent to an activating group) is 1. The van der Waals surface area contributed by atoms with Crippen molar-refractivity contribution in [2.24, 2.45) is 5.92 Å². The summed E-state index contributed by atoms with van der Waals surface area (Å²) >= 11 is 0. The zero-order valence-corrected chi connectivity index (χ0v) is 15.5. The Morgan fingerprint density at radius 3 is 2.42 bits per heavy atom. The van der Waals surface area contributed by atoms with Crippen LogP contribution in [-0.2, 0) is 16.1 Å². The van der Waals surface area contributed by atoms with E-state index in [4.69, 9.17) is 4.74 Å². The smallest absolute Gasteiger partial charge is 0.407 e. The third-order valence-corrected chi connectivity index (χ3v) is 3.90. The van der Waals surface area contributed by atoms with E-state index in [9.17, 15) is 9.59 Å². The Labute approximate surface area is 143 Å². The summed E-state index contributed by atoms with van der Waals surface area (Å²) in [4.78, 5) is 30.1. The summed E-state index contributed by atoms with van der Waals surface area (Å²) in [5.41, 5.74) is 2.60. The molecular formula is C17H27N3O4. The van der Waals surface area contributed by atoms with Gasteiger partial charge < -0.3 is 19.7 Å². The van der Waals surface area contributed by atoms with Crippen LogP contribution in [0, 0.1) is 19.8 Å². The van der Waals surface area contributed by atoms with Gasteiger partial charge in [-0.05, 0) is 19.8 Å². The van der Waals surface area contributed by atoms with Crippen LogP contribution in [0.3, 0.4) is 0 Å². The second kappa shape index (κ2) is 8.52. The number of ether oxygens (including phenoxy) is 2. The quantitative estimate of drug-likeness (QED) is 0.859. The first kappa shape index (κ1) is 19.7. The Balaban J connectivity index is 2.95. The SMILES string of the molecule is COC(=O)N[C@H](C(=O)N(C)Cc1ncc(C)c(OC)c1C)C(C)C. The van der Waals surface area contributed by atoms with Crippen LogP contribution in [0.25, 0.3) is 0 Å². The molecule has 0 bridgehead atoms. The second-order valence-corrected chi connectivity index (χ2v) is 6.10. The van der Waals surface area contributed by atoms with Gasteiger partial charge in [0.15, 0.2) is 0 Å². The van der Waals surface area contributed by atoms with Crippen LogP contribution in [0.15, 0.2) is 6.20 Å². The maximum absolute atomic E-state index is 12.7. The molecule has 0 saturated carbocycles. The molecule has 7 heteroatoms. The van der Waals surface area contributed by atoms with E-state index < -0.39 is 12.1 Å². The van der Waals surface area contributed by atoms with Crippen LogP contribution in [0.1, 0.15) is 30.7 Å². The summed E-state index contributed by atoms with van der Waals surface area (Å²) in [7, 11) is 4.57. The molecule has 0 aromatic carbocycles. The lowest BCUT2D eigenvalue weighted by Gasteiger charge is -2.27. The van der Waals surface area contributed by atoms with Gasteiger partial charge >= 0.3 is 6.09 Å². The molecule has 134 valence electrons. The van der Waals surface area contributed by atoms with Crippen LogP contribution in [-0.4, -0.2) is 49.2 Å². The molecular weight excluding hydrogens is 310 g/mol. The van der Waals surface area contributed by atoms with Crippen molar-refractivity contribution in [3.05, 3.63) is 23.0 Å². The number of aryl methyl sites for hydroxylation is 1. The fourth-order valence-electron chi connectivity index (χ4n) is 2.47. The molecule has 7 nitrogen and oxygen atoms in total. The maximum atomic E-state index is 12.7. The van der Waals surface area contributed by atoms with Crippen LogP contribution in [0.4, 0.5) is 4.79 Å². The molecule has 0 aliphatic carbocycles. The van der Waals surface area contributed by atoms with Crippen molar-refractivity contribution in [1.29, 1.82) is 0 Å². The molecule has 24 heavy (non-hydrogen) atoms. The lowest BCUT2D eigenvalue weighted by Crippen LogP contribution is -2.50. The average Bonchev–Trinajstić information content (AvgIpc) is 2.54. The summed E-state index contributed by atoms with van der Waals surface area (Å²) in [5.74, 6) is 0.505. The summed E-state index contributed by atoms with van der Waals surface area (Å²) < 4.78 is 9.99. The van der Waals surface area contributed by atoms with Gasteiger partial charge in [0.25, 0.3) is 0 Å². The fourth-order valence-corrected chi connectivity index (χ4v) is 2.47. The maximum Gasteiger partial charge on any atom is 0.407 e. The van der Waals surface area contributed by atoms with Gasteiger partial charge in [-0.2, -0.15) is 0 Å². The van der Waals surface area contributed by atoms with E-state index in [0.29, 0.717) is 6.54 Å². The Bertz CT molecular complexity index is 602. The van der Waals surface area contributed by atoms with Gasteiger partial charge in [0.1, 0.15) is 11.8 Å². The minimum atomic E-state index is -0.657. The van der Waals surface area contributed by atoms with Crippen molar-refractivity contribution in [2.75, 3.05) is 21.3 Å². The van der Waals surface area contributed by atoms with E-state index in [-0.39, 0.29) is 11.8 Å². The van der Waals surface area contributed by atoms with Gasteiger partial charge in [-0.3, -0.25) is 9.78 Å². The highest BCUT2D eigenvalue weighted by Crippen LogP contribution is 2.24. The highest BCUT2D eigenvalue weighted by Gasteiger charge is 2.28. The van der Waals surface area contributed by atoms with E-state index in [2.05, 4.69) is 15.0 Å². The average molecular weight is 337 g/mol. The number of amides is 2. The third kappa shape index (κ3) is 4.59. The molecule has 1 aromatic rings. The second-order valence-electron chi connectivity index (χ2n) is 6.10. The lowest BCUT2D eigenvalue weighted by molar-refractivity contribution is -0.133. The Kier molecular flexibility index (Phi) is 7.00. The van der Waals surface area contributed by atoms with Crippen LogP contribution in [0.2, 0.25) is 0 Å². The highest BCUT2D eigenvalue weighted by atomic mass is 16.5. The first-order valence-corrected chi connectivity index (χ1v) is 7.81. The van der Waals surface area contributed by atoms with Crippen LogP contribution >= 0.6 is 0 Å². The Morgan fingerprint density at radius 2 is 1.92 bits per heavy atom. The Morgan fingerprint density at radius 1 is 1.29 bits per heavy atom. The van der Waals surface area contributed by atoms with E-state index >= 15 is 0 Å². The van der Waals surface area contributed by atoms with E-state index in [1.165, 1.54) is 7.11 Å². The standard InChI is InChI=1S/C17H27N3O4/c1-10(2)14(19-17(22)24-7)16(21)20(5)9-13-12(4)15(23-6)11(3)8-18-13/h8,10,14H,9H2,1-7H3,(H,19,22)/t14-/m0/s1. The molecule has 1 atom stereocenters. The predicted octanol–water partition coefficient (Wildman–Crippen LogP) is 2.05. The summed E-state index contributed by atoms with van der Waals surface area (Å²) in [5, 5.41) is 2.58. The summed E-state index contributed by atoms with van der Waals surface area (Å²) in [6, 6.07) is -0.657. The first-order chi connectivity index (χ1) is 11.2. The zero-order chi connectivity index (χ0) is 18.4. The molecule has 1 rings (SSSR count). The molecule has 1 N–H and O–H groups in total. The minimum absolute atomic E-state index is 0.0688. The van der Waals surface area contributed by atoms with Crippen molar-refractivity contribution in [2.45, 2.75) is 40.3 Å². The fraction of sp³-hybridized carbons (Fsp3) is 0.588. The minimum Gasteiger partial charge on any atom is -0.496 e. The summed E-state index contributed by atoms with van der Waals surface area (Å²) in [6.07, 6.45) is 1.10. The monoisotopic (exact) mass is 337 g/mol. The first-order valence-electron chi connectivity index (χ1n) is 7.81. The normalized spacial score (nSPS) is 11.8. The number of aromatic nitrogens is 1. The van der Waals surface area contributed by atoms with Gasteiger partial charge in [0.2, 0.25) is 5.91 Å². The van der Waals surface area contributed by atoms with Gasteiger partial charge in [0.05, 0.1) is 26.5 Å².